The van der Waals surface area contributed by atoms with Crippen molar-refractivity contribution in [2.45, 2.75) is 25.6 Å². The minimum absolute atomic E-state index is 0.401. The van der Waals surface area contributed by atoms with Crippen molar-refractivity contribution in [1.82, 2.24) is 4.98 Å². The molecule has 0 unspecified atom stereocenters. The van der Waals surface area contributed by atoms with Gasteiger partial charge in [-0.2, -0.15) is 18.4 Å². The summed E-state index contributed by atoms with van der Waals surface area (Å²) in [4.78, 5) is 4.19. The van der Waals surface area contributed by atoms with E-state index in [0.717, 1.165) is 11.1 Å². The van der Waals surface area contributed by atoms with Gasteiger partial charge in [0.25, 0.3) is 0 Å². The van der Waals surface area contributed by atoms with Crippen LogP contribution in [-0.2, 0) is 11.7 Å². The fraction of sp³-hybridized carbons (Fsp3) is 0.286. The number of hydrogen-bond acceptors (Lipinski definition) is 4. The molecule has 110 valence electrons. The van der Waals surface area contributed by atoms with Crippen LogP contribution in [0.2, 0.25) is 0 Å². The molecule has 0 atom stereocenters. The van der Waals surface area contributed by atoms with E-state index in [1.807, 2.05) is 19.2 Å². The largest absolute Gasteiger partial charge is 0.417 e. The summed E-state index contributed by atoms with van der Waals surface area (Å²) in [5.74, 6) is 0. The number of nitrogens with one attached hydrogen (secondary N) is 1. The first kappa shape index (κ1) is 15.3. The normalized spacial score (nSPS) is 12.0. The second-order valence-electron chi connectivity index (χ2n) is 4.96. The molecule has 0 amide bonds. The first-order valence-corrected chi connectivity index (χ1v) is 6.91. The zero-order chi connectivity index (χ0) is 15.7. The fourth-order valence-corrected chi connectivity index (χ4v) is 2.63. The van der Waals surface area contributed by atoms with Gasteiger partial charge in [-0.05, 0) is 32.0 Å². The van der Waals surface area contributed by atoms with Crippen molar-refractivity contribution in [2.75, 3.05) is 5.32 Å². The lowest BCUT2D eigenvalue weighted by atomic mass is 10.0. The van der Waals surface area contributed by atoms with Gasteiger partial charge in [0.05, 0.1) is 22.7 Å². The van der Waals surface area contributed by atoms with E-state index in [-0.39, 0.29) is 0 Å². The lowest BCUT2D eigenvalue weighted by Gasteiger charge is -2.25. The maximum absolute atomic E-state index is 12.7. The summed E-state index contributed by atoms with van der Waals surface area (Å²) in [5.41, 5.74) is -1.43. The number of hydrogen-bond donors (Lipinski definition) is 1. The molecule has 0 saturated heterocycles. The zero-order valence-electron chi connectivity index (χ0n) is 11.3. The second-order valence-corrected chi connectivity index (χ2v) is 5.85. The average Bonchev–Trinajstić information content (AvgIpc) is 2.91. The number of anilines is 1. The molecule has 0 aliphatic carbocycles. The standard InChI is InChI=1S/C14H12F3N3S/c1-13(2,12-19-5-6-21-12)20-10-3-4-11(14(15,16)17)9(7-10)8-18/h3-7,20H,1-2H3. The molecule has 0 bridgehead atoms. The molecule has 1 N–H and O–H groups in total. The van der Waals surface area contributed by atoms with Crippen LogP contribution in [0.15, 0.2) is 29.8 Å². The fourth-order valence-electron chi connectivity index (χ4n) is 1.91. The highest BCUT2D eigenvalue weighted by atomic mass is 32.1. The summed E-state index contributed by atoms with van der Waals surface area (Å²) >= 11 is 1.45. The molecule has 3 nitrogen and oxygen atoms in total. The molecule has 0 radical (unpaired) electrons. The Balaban J connectivity index is 2.33. The van der Waals surface area contributed by atoms with E-state index in [0.29, 0.717) is 5.69 Å². The molecule has 1 heterocycles. The molecule has 0 aliphatic rings. The minimum atomic E-state index is -4.53. The summed E-state index contributed by atoms with van der Waals surface area (Å²) < 4.78 is 38.2. The van der Waals surface area contributed by atoms with Crippen LogP contribution < -0.4 is 5.32 Å². The molecule has 0 saturated carbocycles. The number of rotatable bonds is 3. The molecule has 0 aliphatic heterocycles. The van der Waals surface area contributed by atoms with Gasteiger partial charge in [0.15, 0.2) is 0 Å². The number of thiazole rings is 1. The Morgan fingerprint density at radius 3 is 2.52 bits per heavy atom. The topological polar surface area (TPSA) is 48.7 Å². The number of halogens is 3. The van der Waals surface area contributed by atoms with Gasteiger partial charge in [-0.15, -0.1) is 11.3 Å². The minimum Gasteiger partial charge on any atom is -0.374 e. The summed E-state index contributed by atoms with van der Waals surface area (Å²) in [6.45, 7) is 3.74. The van der Waals surface area contributed by atoms with E-state index in [2.05, 4.69) is 10.3 Å². The summed E-state index contributed by atoms with van der Waals surface area (Å²) in [6, 6.07) is 5.03. The zero-order valence-corrected chi connectivity index (χ0v) is 12.1. The first-order valence-electron chi connectivity index (χ1n) is 6.03. The number of nitriles is 1. The quantitative estimate of drug-likeness (QED) is 0.915. The Kier molecular flexibility index (Phi) is 3.92. The van der Waals surface area contributed by atoms with Crippen LogP contribution in [-0.4, -0.2) is 4.98 Å². The van der Waals surface area contributed by atoms with Gasteiger partial charge < -0.3 is 5.32 Å². The van der Waals surface area contributed by atoms with Crippen LogP contribution in [0.3, 0.4) is 0 Å². The Morgan fingerprint density at radius 1 is 1.29 bits per heavy atom. The summed E-state index contributed by atoms with van der Waals surface area (Å²) in [7, 11) is 0. The molecule has 2 aromatic rings. The number of nitrogens with zero attached hydrogens (tertiary/aromatic N) is 2. The van der Waals surface area contributed by atoms with Crippen molar-refractivity contribution >= 4 is 17.0 Å². The average molecular weight is 311 g/mol. The maximum Gasteiger partial charge on any atom is 0.417 e. The molecular weight excluding hydrogens is 299 g/mol. The third-order valence-corrected chi connectivity index (χ3v) is 3.97. The van der Waals surface area contributed by atoms with Crippen LogP contribution in [0.4, 0.5) is 18.9 Å². The highest BCUT2D eigenvalue weighted by Crippen LogP contribution is 2.34. The van der Waals surface area contributed by atoms with Gasteiger partial charge in [-0.25, -0.2) is 4.98 Å². The van der Waals surface area contributed by atoms with Gasteiger partial charge in [0.2, 0.25) is 0 Å². The van der Waals surface area contributed by atoms with E-state index in [1.165, 1.54) is 23.5 Å². The van der Waals surface area contributed by atoms with Crippen molar-refractivity contribution in [3.8, 4) is 6.07 Å². The number of aromatic nitrogens is 1. The molecular formula is C14H12F3N3S. The predicted octanol–water partition coefficient (Wildman–Crippen LogP) is 4.38. The molecule has 0 spiro atoms. The SMILES string of the molecule is CC(C)(Nc1ccc(C(F)(F)F)c(C#N)c1)c1nccs1. The lowest BCUT2D eigenvalue weighted by Crippen LogP contribution is -2.27. The van der Waals surface area contributed by atoms with E-state index < -0.39 is 22.8 Å². The molecule has 21 heavy (non-hydrogen) atoms. The van der Waals surface area contributed by atoms with Crippen molar-refractivity contribution in [3.63, 3.8) is 0 Å². The van der Waals surface area contributed by atoms with Crippen molar-refractivity contribution < 1.29 is 13.2 Å². The third-order valence-electron chi connectivity index (χ3n) is 2.87. The molecule has 7 heteroatoms. The Morgan fingerprint density at radius 2 is 2.00 bits per heavy atom. The number of alkyl halides is 3. The van der Waals surface area contributed by atoms with Gasteiger partial charge >= 0.3 is 6.18 Å². The van der Waals surface area contributed by atoms with E-state index in [9.17, 15) is 13.2 Å². The lowest BCUT2D eigenvalue weighted by molar-refractivity contribution is -0.137. The summed E-state index contributed by atoms with van der Waals surface area (Å²) in [5, 5.41) is 14.6. The van der Waals surface area contributed by atoms with Crippen molar-refractivity contribution in [1.29, 1.82) is 5.26 Å². The maximum atomic E-state index is 12.7. The van der Waals surface area contributed by atoms with Gasteiger partial charge in [-0.3, -0.25) is 0 Å². The van der Waals surface area contributed by atoms with Gasteiger partial charge in [0, 0.05) is 17.3 Å². The van der Waals surface area contributed by atoms with Crippen molar-refractivity contribution in [3.05, 3.63) is 45.9 Å². The smallest absolute Gasteiger partial charge is 0.374 e. The van der Waals surface area contributed by atoms with Gasteiger partial charge in [-0.1, -0.05) is 0 Å². The Bertz CT molecular complexity index is 670. The predicted molar refractivity (Wildman–Crippen MR) is 74.9 cm³/mol. The Labute approximate surface area is 124 Å². The number of benzene rings is 1. The monoisotopic (exact) mass is 311 g/mol. The Hall–Kier alpha value is -2.07. The second kappa shape index (κ2) is 5.37. The van der Waals surface area contributed by atoms with E-state index in [1.54, 1.807) is 12.3 Å². The molecule has 1 aromatic carbocycles. The molecule has 2 rings (SSSR count). The molecule has 1 aromatic heterocycles. The van der Waals surface area contributed by atoms with Crippen LogP contribution in [0, 0.1) is 11.3 Å². The van der Waals surface area contributed by atoms with Crippen LogP contribution >= 0.6 is 11.3 Å². The third kappa shape index (κ3) is 3.34. The summed E-state index contributed by atoms with van der Waals surface area (Å²) in [6.07, 6.45) is -2.87. The molecule has 0 fully saturated rings. The van der Waals surface area contributed by atoms with Gasteiger partial charge in [0.1, 0.15) is 5.01 Å². The first-order chi connectivity index (χ1) is 9.74. The van der Waals surface area contributed by atoms with E-state index in [4.69, 9.17) is 5.26 Å². The van der Waals surface area contributed by atoms with E-state index >= 15 is 0 Å². The highest BCUT2D eigenvalue weighted by Gasteiger charge is 2.34. The van der Waals surface area contributed by atoms with Crippen LogP contribution in [0.1, 0.15) is 30.0 Å². The van der Waals surface area contributed by atoms with Crippen molar-refractivity contribution in [2.24, 2.45) is 0 Å². The van der Waals surface area contributed by atoms with Crippen LogP contribution in [0.5, 0.6) is 0 Å². The highest BCUT2D eigenvalue weighted by molar-refractivity contribution is 7.09. The van der Waals surface area contributed by atoms with Crippen LogP contribution in [0.25, 0.3) is 0 Å².